The van der Waals surface area contributed by atoms with Gasteiger partial charge in [0, 0.05) is 14.1 Å². The fourth-order valence-electron chi connectivity index (χ4n) is 2.06. The second-order valence-electron chi connectivity index (χ2n) is 4.97. The van der Waals surface area contributed by atoms with Crippen LogP contribution in [0.1, 0.15) is 15.9 Å². The molecule has 0 fully saturated rings. The van der Waals surface area contributed by atoms with Crippen LogP contribution in [0, 0.1) is 12.7 Å². The van der Waals surface area contributed by atoms with Crippen LogP contribution in [0.25, 0.3) is 0 Å². The summed E-state index contributed by atoms with van der Waals surface area (Å²) >= 11 is 6.14. The van der Waals surface area contributed by atoms with Crippen molar-refractivity contribution >= 4 is 28.9 Å². The summed E-state index contributed by atoms with van der Waals surface area (Å²) in [6.07, 6.45) is 0. The number of carbonyl (C=O) groups is 1. The molecule has 5 heteroatoms. The Morgan fingerprint density at radius 1 is 1.24 bits per heavy atom. The van der Waals surface area contributed by atoms with Crippen molar-refractivity contribution in [2.75, 3.05) is 24.3 Å². The number of nitrogens with zero attached hydrogens (tertiary/aromatic N) is 1. The third-order valence-electron chi connectivity index (χ3n) is 3.05. The Balaban J connectivity index is 2.34. The zero-order chi connectivity index (χ0) is 15.6. The number of para-hydroxylation sites is 1. The quantitative estimate of drug-likeness (QED) is 0.925. The summed E-state index contributed by atoms with van der Waals surface area (Å²) in [6.45, 7) is 1.77. The third kappa shape index (κ3) is 3.34. The molecule has 0 unspecified atom stereocenters. The predicted molar refractivity (Wildman–Crippen MR) is 84.9 cm³/mol. The van der Waals surface area contributed by atoms with Gasteiger partial charge in [0.15, 0.2) is 0 Å². The Morgan fingerprint density at radius 2 is 1.95 bits per heavy atom. The van der Waals surface area contributed by atoms with Gasteiger partial charge < -0.3 is 10.2 Å². The molecule has 2 rings (SSSR count). The number of carbonyl (C=O) groups excluding carboxylic acids is 1. The SMILES string of the molecule is Cc1ccc(C(=O)Nc2cccc(Cl)c2N(C)C)c(F)c1. The Hall–Kier alpha value is -2.07. The molecule has 0 spiro atoms. The minimum absolute atomic E-state index is 0.00489. The molecule has 0 bridgehead atoms. The number of benzene rings is 2. The second-order valence-corrected chi connectivity index (χ2v) is 5.38. The zero-order valence-corrected chi connectivity index (χ0v) is 12.8. The van der Waals surface area contributed by atoms with Crippen molar-refractivity contribution in [1.29, 1.82) is 0 Å². The summed E-state index contributed by atoms with van der Waals surface area (Å²) in [6, 6.07) is 9.70. The maximum Gasteiger partial charge on any atom is 0.258 e. The molecular weight excluding hydrogens is 291 g/mol. The van der Waals surface area contributed by atoms with Crippen molar-refractivity contribution in [2.24, 2.45) is 0 Å². The molecule has 2 aromatic rings. The lowest BCUT2D eigenvalue weighted by Crippen LogP contribution is -2.18. The fraction of sp³-hybridized carbons (Fsp3) is 0.188. The number of anilines is 2. The van der Waals surface area contributed by atoms with E-state index < -0.39 is 11.7 Å². The molecule has 0 aliphatic rings. The first-order chi connectivity index (χ1) is 9.90. The summed E-state index contributed by atoms with van der Waals surface area (Å²) < 4.78 is 13.8. The lowest BCUT2D eigenvalue weighted by molar-refractivity contribution is 0.102. The number of hydrogen-bond donors (Lipinski definition) is 1. The van der Waals surface area contributed by atoms with Gasteiger partial charge in [-0.25, -0.2) is 4.39 Å². The highest BCUT2D eigenvalue weighted by Gasteiger charge is 2.15. The molecule has 0 aromatic heterocycles. The first kappa shape index (κ1) is 15.3. The van der Waals surface area contributed by atoms with Gasteiger partial charge in [0.1, 0.15) is 5.82 Å². The maximum atomic E-state index is 13.8. The molecule has 1 amide bonds. The van der Waals surface area contributed by atoms with Gasteiger partial charge in [-0.15, -0.1) is 0 Å². The number of halogens is 2. The molecule has 1 N–H and O–H groups in total. The van der Waals surface area contributed by atoms with Gasteiger partial charge in [-0.05, 0) is 36.8 Å². The Kier molecular flexibility index (Phi) is 4.48. The van der Waals surface area contributed by atoms with Crippen LogP contribution >= 0.6 is 11.6 Å². The van der Waals surface area contributed by atoms with Gasteiger partial charge in [0.05, 0.1) is 22.0 Å². The minimum Gasteiger partial charge on any atom is -0.375 e. The van der Waals surface area contributed by atoms with Crippen LogP contribution in [0.2, 0.25) is 5.02 Å². The Bertz CT molecular complexity index is 686. The standard InChI is InChI=1S/C16H16ClFN2O/c1-10-7-8-11(13(18)9-10)16(21)19-14-6-4-5-12(17)15(14)20(2)3/h4-9H,1-3H3,(H,19,21). The van der Waals surface area contributed by atoms with Gasteiger partial charge in [0.25, 0.3) is 5.91 Å². The topological polar surface area (TPSA) is 32.3 Å². The molecule has 110 valence electrons. The number of rotatable bonds is 3. The summed E-state index contributed by atoms with van der Waals surface area (Å²) in [7, 11) is 3.65. The smallest absolute Gasteiger partial charge is 0.258 e. The van der Waals surface area contributed by atoms with Crippen molar-refractivity contribution in [1.82, 2.24) is 0 Å². The van der Waals surface area contributed by atoms with Crippen LogP contribution < -0.4 is 10.2 Å². The number of amides is 1. The first-order valence-corrected chi connectivity index (χ1v) is 6.81. The van der Waals surface area contributed by atoms with Crippen molar-refractivity contribution in [3.8, 4) is 0 Å². The summed E-state index contributed by atoms with van der Waals surface area (Å²) in [5, 5.41) is 3.22. The minimum atomic E-state index is -0.541. The van der Waals surface area contributed by atoms with Crippen LogP contribution in [0.5, 0.6) is 0 Å². The molecule has 0 aliphatic carbocycles. The van der Waals surface area contributed by atoms with Crippen molar-refractivity contribution < 1.29 is 9.18 Å². The van der Waals surface area contributed by atoms with Crippen LogP contribution in [0.4, 0.5) is 15.8 Å². The molecule has 3 nitrogen and oxygen atoms in total. The van der Waals surface area contributed by atoms with Crippen LogP contribution in [0.3, 0.4) is 0 Å². The second kappa shape index (κ2) is 6.14. The molecular formula is C16H16ClFN2O. The molecule has 21 heavy (non-hydrogen) atoms. The van der Waals surface area contributed by atoms with E-state index in [4.69, 9.17) is 11.6 Å². The van der Waals surface area contributed by atoms with E-state index in [1.165, 1.54) is 12.1 Å². The van der Waals surface area contributed by atoms with Gasteiger partial charge in [-0.1, -0.05) is 23.7 Å². The van der Waals surface area contributed by atoms with Gasteiger partial charge in [0.2, 0.25) is 0 Å². The molecule has 0 aliphatic heterocycles. The number of hydrogen-bond acceptors (Lipinski definition) is 2. The monoisotopic (exact) mass is 306 g/mol. The largest absolute Gasteiger partial charge is 0.375 e. The number of nitrogens with one attached hydrogen (secondary N) is 1. The van der Waals surface area contributed by atoms with E-state index in [0.717, 1.165) is 5.56 Å². The van der Waals surface area contributed by atoms with E-state index in [2.05, 4.69) is 5.32 Å². The zero-order valence-electron chi connectivity index (χ0n) is 12.1. The van der Waals surface area contributed by atoms with Crippen LogP contribution in [0.15, 0.2) is 36.4 Å². The van der Waals surface area contributed by atoms with Gasteiger partial charge >= 0.3 is 0 Å². The highest BCUT2D eigenvalue weighted by molar-refractivity contribution is 6.34. The van der Waals surface area contributed by atoms with Gasteiger partial charge in [-0.3, -0.25) is 4.79 Å². The van der Waals surface area contributed by atoms with Crippen molar-refractivity contribution in [3.63, 3.8) is 0 Å². The Labute approximate surface area is 128 Å². The molecule has 0 atom stereocenters. The fourth-order valence-corrected chi connectivity index (χ4v) is 2.41. The highest BCUT2D eigenvalue weighted by atomic mass is 35.5. The number of aryl methyl sites for hydroxylation is 1. The van der Waals surface area contributed by atoms with E-state index in [1.807, 2.05) is 14.1 Å². The first-order valence-electron chi connectivity index (χ1n) is 6.43. The summed E-state index contributed by atoms with van der Waals surface area (Å²) in [4.78, 5) is 14.0. The molecule has 0 heterocycles. The highest BCUT2D eigenvalue weighted by Crippen LogP contribution is 2.32. The summed E-state index contributed by atoms with van der Waals surface area (Å²) in [5.41, 5.74) is 1.99. The maximum absolute atomic E-state index is 13.8. The third-order valence-corrected chi connectivity index (χ3v) is 3.36. The lowest BCUT2D eigenvalue weighted by atomic mass is 10.1. The van der Waals surface area contributed by atoms with Crippen molar-refractivity contribution in [2.45, 2.75) is 6.92 Å². The lowest BCUT2D eigenvalue weighted by Gasteiger charge is -2.19. The normalized spacial score (nSPS) is 10.3. The van der Waals surface area contributed by atoms with E-state index in [1.54, 1.807) is 36.1 Å². The average Bonchev–Trinajstić information content (AvgIpc) is 2.37. The molecule has 0 radical (unpaired) electrons. The van der Waals surface area contributed by atoms with E-state index in [0.29, 0.717) is 16.4 Å². The van der Waals surface area contributed by atoms with E-state index in [-0.39, 0.29) is 5.56 Å². The Morgan fingerprint density at radius 3 is 2.57 bits per heavy atom. The molecule has 0 saturated heterocycles. The van der Waals surface area contributed by atoms with Gasteiger partial charge in [-0.2, -0.15) is 0 Å². The van der Waals surface area contributed by atoms with E-state index in [9.17, 15) is 9.18 Å². The molecule has 0 saturated carbocycles. The van der Waals surface area contributed by atoms with Crippen LogP contribution in [-0.2, 0) is 0 Å². The average molecular weight is 307 g/mol. The van der Waals surface area contributed by atoms with Crippen LogP contribution in [-0.4, -0.2) is 20.0 Å². The summed E-state index contributed by atoms with van der Waals surface area (Å²) in [5.74, 6) is -1.04. The predicted octanol–water partition coefficient (Wildman–Crippen LogP) is 4.11. The van der Waals surface area contributed by atoms with E-state index >= 15 is 0 Å². The molecule has 2 aromatic carbocycles. The van der Waals surface area contributed by atoms with Crippen molar-refractivity contribution in [3.05, 3.63) is 58.4 Å².